The number of benzene rings is 2. The Morgan fingerprint density at radius 2 is 1.92 bits per heavy atom. The maximum absolute atomic E-state index is 13.0. The number of likely N-dealkylation sites (N-methyl/N-ethyl adjacent to an activating group) is 1. The summed E-state index contributed by atoms with van der Waals surface area (Å²) in [6, 6.07) is 16.5. The Labute approximate surface area is 225 Å². The van der Waals surface area contributed by atoms with E-state index in [9.17, 15) is 9.59 Å². The molecule has 0 radical (unpaired) electrons. The van der Waals surface area contributed by atoms with Crippen LogP contribution in [0.4, 0.5) is 0 Å². The highest BCUT2D eigenvalue weighted by molar-refractivity contribution is 5.94. The minimum atomic E-state index is -0.403. The van der Waals surface area contributed by atoms with E-state index in [1.54, 1.807) is 30.5 Å². The number of amides is 1. The molecule has 0 aliphatic heterocycles. The monoisotopic (exact) mass is 529 g/mol. The molecule has 1 unspecified atom stereocenters. The highest BCUT2D eigenvalue weighted by Crippen LogP contribution is 2.34. The van der Waals surface area contributed by atoms with Gasteiger partial charge >= 0.3 is 5.69 Å². The van der Waals surface area contributed by atoms with Crippen molar-refractivity contribution >= 4 is 11.7 Å². The average Bonchev–Trinajstić information content (AvgIpc) is 3.32. The van der Waals surface area contributed by atoms with Gasteiger partial charge in [-0.1, -0.05) is 36.4 Å². The summed E-state index contributed by atoms with van der Waals surface area (Å²) in [5.41, 5.74) is 8.42. The number of nitrogen functional groups attached to an aromatic ring is 1. The normalized spacial score (nSPS) is 11.6. The van der Waals surface area contributed by atoms with Crippen LogP contribution in [0.3, 0.4) is 0 Å². The maximum Gasteiger partial charge on any atom is 0.349 e. The van der Waals surface area contributed by atoms with Gasteiger partial charge in [0.05, 0.1) is 6.61 Å². The molecule has 11 heteroatoms. The van der Waals surface area contributed by atoms with Gasteiger partial charge in [-0.05, 0) is 55.2 Å². The molecule has 202 valence electrons. The lowest BCUT2D eigenvalue weighted by atomic mass is 9.90. The number of aromatic amines is 1. The van der Waals surface area contributed by atoms with E-state index in [0.717, 1.165) is 16.7 Å². The molecule has 5 N–H and O–H groups in total. The van der Waals surface area contributed by atoms with Crippen LogP contribution >= 0.6 is 0 Å². The molecule has 0 bridgehead atoms. The largest absolute Gasteiger partial charge is 0.490 e. The van der Waals surface area contributed by atoms with E-state index >= 15 is 0 Å². The Morgan fingerprint density at radius 1 is 1.15 bits per heavy atom. The Balaban J connectivity index is 1.77. The highest BCUT2D eigenvalue weighted by Gasteiger charge is 2.23. The van der Waals surface area contributed by atoms with Crippen molar-refractivity contribution in [3.05, 3.63) is 99.4 Å². The molecule has 4 rings (SSSR count). The van der Waals surface area contributed by atoms with Crippen molar-refractivity contribution in [3.8, 4) is 17.3 Å². The second kappa shape index (κ2) is 12.1. The van der Waals surface area contributed by atoms with Crippen LogP contribution in [0, 0.1) is 12.3 Å². The summed E-state index contributed by atoms with van der Waals surface area (Å²) in [6.07, 6.45) is 2.10. The van der Waals surface area contributed by atoms with Gasteiger partial charge in [0.2, 0.25) is 0 Å². The third-order valence-electron chi connectivity index (χ3n) is 6.16. The number of aryl methyl sites for hydroxylation is 1. The number of nitrogens with zero attached hydrogens (tertiary/aromatic N) is 3. The molecule has 2 aromatic carbocycles. The lowest BCUT2D eigenvalue weighted by molar-refractivity contribution is -0.122. The molecule has 0 saturated carbocycles. The second-order valence-electron chi connectivity index (χ2n) is 8.84. The highest BCUT2D eigenvalue weighted by atomic mass is 16.5. The molecule has 0 spiro atoms. The van der Waals surface area contributed by atoms with E-state index in [1.807, 2.05) is 44.2 Å². The van der Waals surface area contributed by atoms with Gasteiger partial charge in [-0.25, -0.2) is 9.78 Å². The number of H-pyrrole nitrogens is 1. The maximum atomic E-state index is 13.0. The molecule has 2 heterocycles. The van der Waals surface area contributed by atoms with Crippen molar-refractivity contribution < 1.29 is 14.3 Å². The quantitative estimate of drug-likeness (QED) is 0.171. The van der Waals surface area contributed by atoms with Crippen LogP contribution in [0.5, 0.6) is 11.5 Å². The number of carbonyl (C=O) groups is 1. The number of nitrogens with one attached hydrogen (secondary N) is 3. The van der Waals surface area contributed by atoms with E-state index in [2.05, 4.69) is 20.4 Å². The molecule has 0 fully saturated rings. The number of ether oxygens (including phenoxy) is 2. The van der Waals surface area contributed by atoms with Crippen molar-refractivity contribution in [2.45, 2.75) is 26.2 Å². The zero-order valence-corrected chi connectivity index (χ0v) is 22.0. The predicted octanol–water partition coefficient (Wildman–Crippen LogP) is 2.45. The summed E-state index contributed by atoms with van der Waals surface area (Å²) in [6.45, 7) is 3.96. The van der Waals surface area contributed by atoms with Crippen molar-refractivity contribution in [1.82, 2.24) is 25.1 Å². The van der Waals surface area contributed by atoms with Crippen LogP contribution in [0.1, 0.15) is 40.9 Å². The van der Waals surface area contributed by atoms with Crippen LogP contribution in [-0.4, -0.2) is 51.8 Å². The van der Waals surface area contributed by atoms with E-state index in [-0.39, 0.29) is 24.3 Å². The van der Waals surface area contributed by atoms with E-state index in [0.29, 0.717) is 41.7 Å². The Morgan fingerprint density at radius 3 is 2.59 bits per heavy atom. The number of hydrogen-bond donors (Lipinski definition) is 4. The van der Waals surface area contributed by atoms with Crippen molar-refractivity contribution in [3.63, 3.8) is 0 Å². The van der Waals surface area contributed by atoms with Crippen molar-refractivity contribution in [2.24, 2.45) is 5.73 Å². The molecule has 1 amide bonds. The molecule has 0 saturated heterocycles. The Hall–Kier alpha value is -4.93. The third-order valence-corrected chi connectivity index (χ3v) is 6.16. The molecule has 0 aliphatic carbocycles. The molecule has 39 heavy (non-hydrogen) atoms. The van der Waals surface area contributed by atoms with Crippen LogP contribution < -0.4 is 26.2 Å². The standard InChI is InChI=1S/C28H31N7O4/c1-4-38-23-15-20(11-12-22(23)39-16-24(36)31-3)21(14-18-7-9-19(10-8-18)25(29)30)26-33-28(37)35(34-26)27-17(2)6-5-13-32-27/h5-13,15,21H,4,14,16H2,1-3H3,(H3,29,30)(H,31,36)(H,33,34,37). The second-order valence-corrected chi connectivity index (χ2v) is 8.84. The molecule has 2 aromatic heterocycles. The Bertz CT molecular complexity index is 1530. The van der Waals surface area contributed by atoms with Gasteiger partial charge in [-0.2, -0.15) is 4.68 Å². The van der Waals surface area contributed by atoms with Crippen LogP contribution in [0.25, 0.3) is 5.82 Å². The van der Waals surface area contributed by atoms with Gasteiger partial charge in [0.15, 0.2) is 23.9 Å². The number of nitrogens with two attached hydrogens (primary N) is 1. The first-order valence-electron chi connectivity index (χ1n) is 12.4. The first-order chi connectivity index (χ1) is 18.8. The fourth-order valence-corrected chi connectivity index (χ4v) is 4.11. The first-order valence-corrected chi connectivity index (χ1v) is 12.4. The van der Waals surface area contributed by atoms with Crippen LogP contribution in [0.15, 0.2) is 65.6 Å². The summed E-state index contributed by atoms with van der Waals surface area (Å²) < 4.78 is 12.8. The smallest absolute Gasteiger partial charge is 0.349 e. The molecular formula is C28H31N7O4. The summed E-state index contributed by atoms with van der Waals surface area (Å²) in [5, 5.41) is 14.8. The molecule has 11 nitrogen and oxygen atoms in total. The summed E-state index contributed by atoms with van der Waals surface area (Å²) in [4.78, 5) is 31.9. The summed E-state index contributed by atoms with van der Waals surface area (Å²) in [5.74, 6) is 1.14. The topological polar surface area (TPSA) is 161 Å². The number of carbonyl (C=O) groups excluding carboxylic acids is 1. The van der Waals surface area contributed by atoms with Crippen LogP contribution in [0.2, 0.25) is 0 Å². The van der Waals surface area contributed by atoms with Gasteiger partial charge in [-0.3, -0.25) is 15.2 Å². The average molecular weight is 530 g/mol. The zero-order chi connectivity index (χ0) is 27.9. The molecule has 4 aromatic rings. The zero-order valence-electron chi connectivity index (χ0n) is 22.0. The van der Waals surface area contributed by atoms with E-state index in [4.69, 9.17) is 20.6 Å². The number of pyridine rings is 1. The molecular weight excluding hydrogens is 498 g/mol. The fourth-order valence-electron chi connectivity index (χ4n) is 4.11. The fraction of sp³-hybridized carbons (Fsp3) is 0.250. The van der Waals surface area contributed by atoms with Crippen molar-refractivity contribution in [2.75, 3.05) is 20.3 Å². The van der Waals surface area contributed by atoms with E-state index in [1.165, 1.54) is 11.7 Å². The molecule has 1 atom stereocenters. The lowest BCUT2D eigenvalue weighted by Gasteiger charge is -2.18. The minimum Gasteiger partial charge on any atom is -0.490 e. The Kier molecular flexibility index (Phi) is 8.40. The lowest BCUT2D eigenvalue weighted by Crippen LogP contribution is -2.25. The third kappa shape index (κ3) is 6.32. The van der Waals surface area contributed by atoms with Gasteiger partial charge < -0.3 is 20.5 Å². The SMILES string of the molecule is CCOc1cc(C(Cc2ccc(C(=N)N)cc2)c2nn(-c3ncccc3C)c(=O)[nH]2)ccc1OCC(=O)NC. The van der Waals surface area contributed by atoms with Gasteiger partial charge in [0.25, 0.3) is 5.91 Å². The number of hydrogen-bond acceptors (Lipinski definition) is 7. The van der Waals surface area contributed by atoms with Gasteiger partial charge in [0.1, 0.15) is 11.7 Å². The summed E-state index contributed by atoms with van der Waals surface area (Å²) in [7, 11) is 1.54. The number of aromatic nitrogens is 4. The number of rotatable bonds is 11. The van der Waals surface area contributed by atoms with E-state index < -0.39 is 5.69 Å². The van der Waals surface area contributed by atoms with Gasteiger partial charge in [-0.15, -0.1) is 5.10 Å². The van der Waals surface area contributed by atoms with Crippen molar-refractivity contribution in [1.29, 1.82) is 5.41 Å². The van der Waals surface area contributed by atoms with Crippen LogP contribution in [-0.2, 0) is 11.2 Å². The predicted molar refractivity (Wildman–Crippen MR) is 147 cm³/mol. The number of amidine groups is 1. The molecule has 0 aliphatic rings. The summed E-state index contributed by atoms with van der Waals surface area (Å²) >= 11 is 0. The first kappa shape index (κ1) is 27.1. The van der Waals surface area contributed by atoms with Gasteiger partial charge in [0, 0.05) is 24.7 Å². The minimum absolute atomic E-state index is 0.0133.